The summed E-state index contributed by atoms with van der Waals surface area (Å²) in [5.41, 5.74) is 3.39. The molecule has 6 heteroatoms. The lowest BCUT2D eigenvalue weighted by molar-refractivity contribution is -0.118. The van der Waals surface area contributed by atoms with Gasteiger partial charge in [-0.05, 0) is 113 Å². The van der Waals surface area contributed by atoms with Crippen LogP contribution in [0.1, 0.15) is 92.8 Å². The van der Waals surface area contributed by atoms with E-state index in [4.69, 9.17) is 4.74 Å². The quantitative estimate of drug-likeness (QED) is 0.170. The first-order valence-electron chi connectivity index (χ1n) is 15.0. The molecule has 1 saturated heterocycles. The SMILES string of the molecule is CC(=O)c1ccc(OC(CCCCCN2CCC(c3cccc(NC(=O)C(C)C)c3)CC2)c2ccccc2F)cc1. The Balaban J connectivity index is 1.22. The number of halogens is 1. The van der Waals surface area contributed by atoms with Crippen molar-refractivity contribution >= 4 is 17.4 Å². The number of anilines is 1. The van der Waals surface area contributed by atoms with E-state index in [1.54, 1.807) is 36.4 Å². The molecule has 0 bridgehead atoms. The number of Topliss-reactive ketones (excluding diaryl/α,β-unsaturated/α-hetero) is 1. The van der Waals surface area contributed by atoms with Crippen molar-refractivity contribution in [1.82, 2.24) is 4.90 Å². The van der Waals surface area contributed by atoms with Gasteiger partial charge in [-0.2, -0.15) is 0 Å². The highest BCUT2D eigenvalue weighted by atomic mass is 19.1. The predicted octanol–water partition coefficient (Wildman–Crippen LogP) is 8.18. The minimum absolute atomic E-state index is 0.00715. The summed E-state index contributed by atoms with van der Waals surface area (Å²) in [4.78, 5) is 26.2. The molecule has 1 amide bonds. The third kappa shape index (κ3) is 8.99. The molecule has 0 aromatic heterocycles. The number of rotatable bonds is 13. The Hall–Kier alpha value is -3.51. The molecule has 0 aliphatic carbocycles. The van der Waals surface area contributed by atoms with Crippen LogP contribution in [0.5, 0.6) is 5.75 Å². The average molecular weight is 559 g/mol. The number of hydrogen-bond acceptors (Lipinski definition) is 4. The van der Waals surface area contributed by atoms with E-state index < -0.39 is 0 Å². The summed E-state index contributed by atoms with van der Waals surface area (Å²) < 4.78 is 20.9. The Morgan fingerprint density at radius 1 is 0.951 bits per heavy atom. The van der Waals surface area contributed by atoms with Crippen LogP contribution < -0.4 is 10.1 Å². The van der Waals surface area contributed by atoms with Gasteiger partial charge < -0.3 is 15.0 Å². The summed E-state index contributed by atoms with van der Waals surface area (Å²) in [6.45, 7) is 8.56. The second-order valence-corrected chi connectivity index (χ2v) is 11.4. The maximum absolute atomic E-state index is 14.6. The molecule has 218 valence electrons. The molecule has 0 spiro atoms. The first-order chi connectivity index (χ1) is 19.8. The molecule has 1 fully saturated rings. The molecule has 0 saturated carbocycles. The van der Waals surface area contributed by atoms with E-state index in [1.807, 2.05) is 32.0 Å². The van der Waals surface area contributed by atoms with Gasteiger partial charge in [0.2, 0.25) is 5.91 Å². The van der Waals surface area contributed by atoms with Crippen LogP contribution in [0.3, 0.4) is 0 Å². The highest BCUT2D eigenvalue weighted by Gasteiger charge is 2.21. The fraction of sp³-hybridized carbons (Fsp3) is 0.429. The van der Waals surface area contributed by atoms with Gasteiger partial charge in [0.1, 0.15) is 17.7 Å². The fourth-order valence-corrected chi connectivity index (χ4v) is 5.44. The van der Waals surface area contributed by atoms with E-state index in [1.165, 1.54) is 18.6 Å². The number of unbranched alkanes of at least 4 members (excludes halogenated alkanes) is 2. The zero-order chi connectivity index (χ0) is 29.2. The van der Waals surface area contributed by atoms with Crippen molar-refractivity contribution in [2.75, 3.05) is 25.0 Å². The van der Waals surface area contributed by atoms with Crippen LogP contribution in [0, 0.1) is 11.7 Å². The summed E-state index contributed by atoms with van der Waals surface area (Å²) >= 11 is 0. The van der Waals surface area contributed by atoms with Crippen LogP contribution in [0.25, 0.3) is 0 Å². The Bertz CT molecular complexity index is 1280. The van der Waals surface area contributed by atoms with Gasteiger partial charge in [-0.15, -0.1) is 0 Å². The summed E-state index contributed by atoms with van der Waals surface area (Å²) in [5, 5.41) is 3.02. The molecule has 3 aromatic rings. The molecule has 1 aliphatic heterocycles. The van der Waals surface area contributed by atoms with Crippen LogP contribution >= 0.6 is 0 Å². The Morgan fingerprint density at radius 3 is 2.37 bits per heavy atom. The van der Waals surface area contributed by atoms with Crippen molar-refractivity contribution in [2.45, 2.75) is 71.3 Å². The number of likely N-dealkylation sites (tertiary alicyclic amines) is 1. The molecule has 1 aliphatic rings. The van der Waals surface area contributed by atoms with Crippen LogP contribution in [0.15, 0.2) is 72.8 Å². The largest absolute Gasteiger partial charge is 0.486 e. The number of nitrogens with one attached hydrogen (secondary N) is 1. The molecule has 5 nitrogen and oxygen atoms in total. The highest BCUT2D eigenvalue weighted by Crippen LogP contribution is 2.31. The van der Waals surface area contributed by atoms with Gasteiger partial charge >= 0.3 is 0 Å². The lowest BCUT2D eigenvalue weighted by atomic mass is 9.89. The molecule has 3 aromatic carbocycles. The average Bonchev–Trinajstić information content (AvgIpc) is 2.97. The summed E-state index contributed by atoms with van der Waals surface area (Å²) in [7, 11) is 0. The van der Waals surface area contributed by atoms with Gasteiger partial charge in [0.05, 0.1) is 0 Å². The van der Waals surface area contributed by atoms with Crippen LogP contribution in [-0.2, 0) is 4.79 Å². The number of hydrogen-bond donors (Lipinski definition) is 1. The lowest BCUT2D eigenvalue weighted by Gasteiger charge is -2.32. The van der Waals surface area contributed by atoms with Gasteiger partial charge in [-0.25, -0.2) is 4.39 Å². The number of amides is 1. The zero-order valence-electron chi connectivity index (χ0n) is 24.6. The monoisotopic (exact) mass is 558 g/mol. The van der Waals surface area contributed by atoms with Gasteiger partial charge in [0.15, 0.2) is 5.78 Å². The number of carbonyl (C=O) groups is 2. The van der Waals surface area contributed by atoms with Crippen molar-refractivity contribution in [2.24, 2.45) is 5.92 Å². The van der Waals surface area contributed by atoms with Crippen molar-refractivity contribution in [3.05, 3.63) is 95.3 Å². The van der Waals surface area contributed by atoms with Gasteiger partial charge in [0.25, 0.3) is 0 Å². The smallest absolute Gasteiger partial charge is 0.226 e. The Kier molecular flexibility index (Phi) is 11.1. The highest BCUT2D eigenvalue weighted by molar-refractivity contribution is 5.94. The first kappa shape index (κ1) is 30.4. The molecule has 41 heavy (non-hydrogen) atoms. The minimum atomic E-state index is -0.379. The molecular formula is C35H43FN2O3. The number of benzene rings is 3. The number of ether oxygens (including phenoxy) is 1. The number of nitrogens with zero attached hydrogens (tertiary/aromatic N) is 1. The van der Waals surface area contributed by atoms with E-state index in [2.05, 4.69) is 22.3 Å². The third-order valence-corrected chi connectivity index (χ3v) is 7.97. The van der Waals surface area contributed by atoms with E-state index >= 15 is 0 Å². The molecule has 0 radical (unpaired) electrons. The maximum Gasteiger partial charge on any atom is 0.226 e. The van der Waals surface area contributed by atoms with E-state index in [-0.39, 0.29) is 29.5 Å². The van der Waals surface area contributed by atoms with Crippen molar-refractivity contribution in [3.8, 4) is 5.75 Å². The standard InChI is InChI=1S/C35H43FN2O3/c1-25(2)35(40)37-30-11-9-10-29(24-30)28-19-22-38(23-20-28)21-8-4-5-14-34(32-12-6-7-13-33(32)36)41-31-17-15-27(16-18-31)26(3)39/h6-7,9-13,15-18,24-25,28,34H,4-5,8,14,19-23H2,1-3H3,(H,37,40). The zero-order valence-corrected chi connectivity index (χ0v) is 24.6. The molecule has 4 rings (SSSR count). The fourth-order valence-electron chi connectivity index (χ4n) is 5.44. The molecule has 1 N–H and O–H groups in total. The number of piperidine rings is 1. The lowest BCUT2D eigenvalue weighted by Crippen LogP contribution is -2.33. The Labute approximate surface area is 244 Å². The maximum atomic E-state index is 14.6. The van der Waals surface area contributed by atoms with Crippen LogP contribution in [-0.4, -0.2) is 36.2 Å². The second kappa shape index (κ2) is 14.9. The molecule has 1 heterocycles. The third-order valence-electron chi connectivity index (χ3n) is 7.97. The van der Waals surface area contributed by atoms with Gasteiger partial charge in [-0.1, -0.05) is 50.6 Å². The van der Waals surface area contributed by atoms with Crippen molar-refractivity contribution in [3.63, 3.8) is 0 Å². The topological polar surface area (TPSA) is 58.6 Å². The molecule has 1 unspecified atom stereocenters. The van der Waals surface area contributed by atoms with E-state index in [0.29, 0.717) is 22.8 Å². The van der Waals surface area contributed by atoms with E-state index in [9.17, 15) is 14.0 Å². The van der Waals surface area contributed by atoms with Crippen LogP contribution in [0.4, 0.5) is 10.1 Å². The number of carbonyl (C=O) groups excluding carboxylic acids is 2. The van der Waals surface area contributed by atoms with E-state index in [0.717, 1.165) is 63.8 Å². The van der Waals surface area contributed by atoms with Gasteiger partial charge in [-0.3, -0.25) is 9.59 Å². The van der Waals surface area contributed by atoms with Crippen LogP contribution in [0.2, 0.25) is 0 Å². The predicted molar refractivity (Wildman–Crippen MR) is 163 cm³/mol. The normalized spacial score (nSPS) is 15.0. The second-order valence-electron chi connectivity index (χ2n) is 11.4. The van der Waals surface area contributed by atoms with Crippen molar-refractivity contribution in [1.29, 1.82) is 0 Å². The molecule has 1 atom stereocenters. The molecular weight excluding hydrogens is 515 g/mol. The summed E-state index contributed by atoms with van der Waals surface area (Å²) in [6.07, 6.45) is 5.67. The first-order valence-corrected chi connectivity index (χ1v) is 15.0. The number of ketones is 1. The Morgan fingerprint density at radius 2 is 1.68 bits per heavy atom. The summed E-state index contributed by atoms with van der Waals surface area (Å²) in [6, 6.07) is 22.2. The minimum Gasteiger partial charge on any atom is -0.486 e. The van der Waals surface area contributed by atoms with Gasteiger partial charge in [0, 0.05) is 22.7 Å². The van der Waals surface area contributed by atoms with Crippen molar-refractivity contribution < 1.29 is 18.7 Å². The summed E-state index contributed by atoms with van der Waals surface area (Å²) in [5.74, 6) is 0.920.